The van der Waals surface area contributed by atoms with Gasteiger partial charge in [0, 0.05) is 13.6 Å². The quantitative estimate of drug-likeness (QED) is 0.835. The summed E-state index contributed by atoms with van der Waals surface area (Å²) in [4.78, 5) is 2.05. The highest BCUT2D eigenvalue weighted by molar-refractivity contribution is 6.29. The van der Waals surface area contributed by atoms with E-state index in [-0.39, 0.29) is 0 Å². The number of hydrogen-bond donors (Lipinski definition) is 0. The van der Waals surface area contributed by atoms with Crippen LogP contribution in [0.4, 0.5) is 5.82 Å². The fraction of sp³-hybridized carbons (Fsp3) is 0.231. The molecular weight excluding hydrogens is 234 g/mol. The summed E-state index contributed by atoms with van der Waals surface area (Å²) in [5.41, 5.74) is 2.56. The van der Waals surface area contributed by atoms with Gasteiger partial charge < -0.3 is 4.90 Å². The molecule has 0 aliphatic carbocycles. The number of nitrogens with zero attached hydrogens (tertiary/aromatic N) is 3. The van der Waals surface area contributed by atoms with Gasteiger partial charge in [-0.15, -0.1) is 10.2 Å². The van der Waals surface area contributed by atoms with Gasteiger partial charge in [-0.3, -0.25) is 0 Å². The summed E-state index contributed by atoms with van der Waals surface area (Å²) in [5, 5.41) is 8.30. The van der Waals surface area contributed by atoms with E-state index >= 15 is 0 Å². The molecule has 0 aliphatic rings. The van der Waals surface area contributed by atoms with Crippen LogP contribution in [0.25, 0.3) is 0 Å². The van der Waals surface area contributed by atoms with E-state index in [4.69, 9.17) is 11.6 Å². The van der Waals surface area contributed by atoms with Crippen molar-refractivity contribution in [1.29, 1.82) is 0 Å². The number of aromatic nitrogens is 2. The second kappa shape index (κ2) is 5.15. The van der Waals surface area contributed by atoms with Gasteiger partial charge in [0.2, 0.25) is 0 Å². The van der Waals surface area contributed by atoms with Gasteiger partial charge in [0.25, 0.3) is 0 Å². The molecule has 0 saturated carbocycles. The normalized spacial score (nSPS) is 10.3. The SMILES string of the molecule is Cc1ccccc1CN(C)c1ccc(Cl)nn1. The Morgan fingerprint density at radius 3 is 2.53 bits per heavy atom. The van der Waals surface area contributed by atoms with Crippen molar-refractivity contribution in [2.45, 2.75) is 13.5 Å². The Bertz CT molecular complexity index is 496. The van der Waals surface area contributed by atoms with Crippen LogP contribution in [0.1, 0.15) is 11.1 Å². The van der Waals surface area contributed by atoms with Gasteiger partial charge in [-0.05, 0) is 30.2 Å². The average molecular weight is 248 g/mol. The molecule has 0 saturated heterocycles. The van der Waals surface area contributed by atoms with Crippen LogP contribution in [0.5, 0.6) is 0 Å². The van der Waals surface area contributed by atoms with E-state index in [1.807, 2.05) is 30.1 Å². The molecule has 1 aromatic heterocycles. The van der Waals surface area contributed by atoms with E-state index in [1.54, 1.807) is 6.07 Å². The van der Waals surface area contributed by atoms with Crippen molar-refractivity contribution < 1.29 is 0 Å². The Balaban J connectivity index is 2.14. The maximum Gasteiger partial charge on any atom is 0.151 e. The number of benzene rings is 1. The molecule has 3 nitrogen and oxygen atoms in total. The van der Waals surface area contributed by atoms with Crippen molar-refractivity contribution in [3.05, 3.63) is 52.7 Å². The van der Waals surface area contributed by atoms with Crippen LogP contribution in [0, 0.1) is 6.92 Å². The first-order valence-electron chi connectivity index (χ1n) is 5.41. The minimum absolute atomic E-state index is 0.415. The molecule has 17 heavy (non-hydrogen) atoms. The monoisotopic (exact) mass is 247 g/mol. The maximum atomic E-state index is 5.71. The van der Waals surface area contributed by atoms with E-state index in [0.29, 0.717) is 5.15 Å². The van der Waals surface area contributed by atoms with Crippen LogP contribution in [0.2, 0.25) is 5.15 Å². The van der Waals surface area contributed by atoms with Gasteiger partial charge in [0.15, 0.2) is 11.0 Å². The average Bonchev–Trinajstić information content (AvgIpc) is 2.33. The predicted octanol–water partition coefficient (Wildman–Crippen LogP) is 3.07. The van der Waals surface area contributed by atoms with Gasteiger partial charge in [0.1, 0.15) is 0 Å². The van der Waals surface area contributed by atoms with E-state index in [1.165, 1.54) is 11.1 Å². The Hall–Kier alpha value is -1.61. The molecule has 1 aromatic carbocycles. The Kier molecular flexibility index (Phi) is 3.59. The van der Waals surface area contributed by atoms with Crippen molar-refractivity contribution in [1.82, 2.24) is 10.2 Å². The third-order valence-corrected chi connectivity index (χ3v) is 2.88. The lowest BCUT2D eigenvalue weighted by Gasteiger charge is -2.18. The summed E-state index contributed by atoms with van der Waals surface area (Å²) < 4.78 is 0. The van der Waals surface area contributed by atoms with Crippen LogP contribution in [-0.2, 0) is 6.54 Å². The van der Waals surface area contributed by atoms with E-state index in [0.717, 1.165) is 12.4 Å². The first kappa shape index (κ1) is 11.9. The smallest absolute Gasteiger partial charge is 0.151 e. The summed E-state index contributed by atoms with van der Waals surface area (Å²) in [6.07, 6.45) is 0. The lowest BCUT2D eigenvalue weighted by molar-refractivity contribution is 0.861. The summed E-state index contributed by atoms with van der Waals surface area (Å²) in [7, 11) is 1.99. The van der Waals surface area contributed by atoms with Gasteiger partial charge in [-0.2, -0.15) is 0 Å². The van der Waals surface area contributed by atoms with Gasteiger partial charge in [0.05, 0.1) is 0 Å². The molecule has 0 radical (unpaired) electrons. The minimum atomic E-state index is 0.415. The largest absolute Gasteiger partial charge is 0.354 e. The topological polar surface area (TPSA) is 29.0 Å². The highest BCUT2D eigenvalue weighted by atomic mass is 35.5. The van der Waals surface area contributed by atoms with Crippen LogP contribution < -0.4 is 4.90 Å². The molecule has 0 spiro atoms. The van der Waals surface area contributed by atoms with Crippen molar-refractivity contribution >= 4 is 17.4 Å². The Morgan fingerprint density at radius 2 is 1.88 bits per heavy atom. The van der Waals surface area contributed by atoms with Crippen LogP contribution in [0.15, 0.2) is 36.4 Å². The Morgan fingerprint density at radius 1 is 1.12 bits per heavy atom. The molecule has 4 heteroatoms. The fourth-order valence-corrected chi connectivity index (χ4v) is 1.74. The first-order valence-corrected chi connectivity index (χ1v) is 5.79. The lowest BCUT2D eigenvalue weighted by atomic mass is 10.1. The summed E-state index contributed by atoms with van der Waals surface area (Å²) in [6, 6.07) is 11.9. The summed E-state index contributed by atoms with van der Waals surface area (Å²) in [5.74, 6) is 0.817. The summed E-state index contributed by atoms with van der Waals surface area (Å²) in [6.45, 7) is 2.92. The van der Waals surface area contributed by atoms with Crippen molar-refractivity contribution in [3.63, 3.8) is 0 Å². The predicted molar refractivity (Wildman–Crippen MR) is 70.3 cm³/mol. The number of halogens is 1. The van der Waals surface area contributed by atoms with Crippen LogP contribution >= 0.6 is 11.6 Å². The Labute approximate surface area is 106 Å². The molecular formula is C13H14ClN3. The van der Waals surface area contributed by atoms with E-state index in [9.17, 15) is 0 Å². The molecule has 2 aromatic rings. The molecule has 88 valence electrons. The molecule has 0 amide bonds. The number of rotatable bonds is 3. The number of anilines is 1. The van der Waals surface area contributed by atoms with Crippen molar-refractivity contribution in [2.75, 3.05) is 11.9 Å². The summed E-state index contributed by atoms with van der Waals surface area (Å²) >= 11 is 5.71. The van der Waals surface area contributed by atoms with Crippen molar-refractivity contribution in [2.24, 2.45) is 0 Å². The molecule has 0 atom stereocenters. The number of hydrogen-bond acceptors (Lipinski definition) is 3. The standard InChI is InChI=1S/C13H14ClN3/c1-10-5-3-4-6-11(10)9-17(2)13-8-7-12(14)15-16-13/h3-8H,9H2,1-2H3. The molecule has 0 unspecified atom stereocenters. The molecule has 1 heterocycles. The molecule has 0 bridgehead atoms. The highest BCUT2D eigenvalue weighted by Gasteiger charge is 2.05. The van der Waals surface area contributed by atoms with Gasteiger partial charge in [-0.25, -0.2) is 0 Å². The molecule has 0 N–H and O–H groups in total. The number of aryl methyl sites for hydroxylation is 1. The zero-order valence-electron chi connectivity index (χ0n) is 9.89. The molecule has 0 aliphatic heterocycles. The highest BCUT2D eigenvalue weighted by Crippen LogP contribution is 2.15. The first-order chi connectivity index (χ1) is 8.16. The second-order valence-corrected chi connectivity index (χ2v) is 4.38. The fourth-order valence-electron chi connectivity index (χ4n) is 1.64. The third kappa shape index (κ3) is 2.94. The van der Waals surface area contributed by atoms with Crippen molar-refractivity contribution in [3.8, 4) is 0 Å². The minimum Gasteiger partial charge on any atom is -0.354 e. The second-order valence-electron chi connectivity index (χ2n) is 4.00. The van der Waals surface area contributed by atoms with E-state index < -0.39 is 0 Å². The van der Waals surface area contributed by atoms with E-state index in [2.05, 4.69) is 29.3 Å². The van der Waals surface area contributed by atoms with Gasteiger partial charge >= 0.3 is 0 Å². The van der Waals surface area contributed by atoms with Gasteiger partial charge in [-0.1, -0.05) is 35.9 Å². The molecule has 2 rings (SSSR count). The van der Waals surface area contributed by atoms with Crippen LogP contribution in [-0.4, -0.2) is 17.2 Å². The molecule has 0 fully saturated rings. The third-order valence-electron chi connectivity index (χ3n) is 2.68. The zero-order chi connectivity index (χ0) is 12.3. The van der Waals surface area contributed by atoms with Crippen LogP contribution in [0.3, 0.4) is 0 Å². The zero-order valence-corrected chi connectivity index (χ0v) is 10.6. The lowest BCUT2D eigenvalue weighted by Crippen LogP contribution is -2.18. The maximum absolute atomic E-state index is 5.71.